The molecule has 0 saturated carbocycles. The molecular formula is C10H16O3. The lowest BCUT2D eigenvalue weighted by Gasteiger charge is -2.15. The van der Waals surface area contributed by atoms with Crippen molar-refractivity contribution in [1.82, 2.24) is 0 Å². The van der Waals surface area contributed by atoms with Crippen LogP contribution in [0.1, 0.15) is 27.7 Å². The molecular weight excluding hydrogens is 168 g/mol. The highest BCUT2D eigenvalue weighted by atomic mass is 16.5. The van der Waals surface area contributed by atoms with Crippen LogP contribution in [0.2, 0.25) is 0 Å². The van der Waals surface area contributed by atoms with Crippen molar-refractivity contribution in [3.63, 3.8) is 0 Å². The highest BCUT2D eigenvalue weighted by molar-refractivity contribution is 5.88. The molecule has 13 heavy (non-hydrogen) atoms. The summed E-state index contributed by atoms with van der Waals surface area (Å²) in [5.41, 5.74) is -0.448. The van der Waals surface area contributed by atoms with Gasteiger partial charge in [-0.3, -0.25) is 4.79 Å². The normalized spacial score (nSPS) is 11.7. The molecule has 0 fully saturated rings. The van der Waals surface area contributed by atoms with E-state index >= 15 is 0 Å². The smallest absolute Gasteiger partial charge is 0.330 e. The van der Waals surface area contributed by atoms with Gasteiger partial charge in [-0.25, -0.2) is 4.79 Å². The van der Waals surface area contributed by atoms with Crippen LogP contribution in [0.4, 0.5) is 0 Å². The molecule has 3 heteroatoms. The number of allylic oxidation sites excluding steroid dienone is 1. The van der Waals surface area contributed by atoms with E-state index in [1.54, 1.807) is 33.8 Å². The molecule has 0 aliphatic carbocycles. The van der Waals surface area contributed by atoms with Crippen molar-refractivity contribution in [3.05, 3.63) is 12.2 Å². The fourth-order valence-electron chi connectivity index (χ4n) is 0.537. The molecule has 0 rings (SSSR count). The van der Waals surface area contributed by atoms with Gasteiger partial charge in [0.1, 0.15) is 0 Å². The zero-order valence-corrected chi connectivity index (χ0v) is 8.59. The summed E-state index contributed by atoms with van der Waals surface area (Å²) in [6.45, 7) is 6.94. The number of carbonyl (C=O) groups is 2. The zero-order chi connectivity index (χ0) is 10.5. The highest BCUT2D eigenvalue weighted by Crippen LogP contribution is 2.14. The summed E-state index contributed by atoms with van der Waals surface area (Å²) in [4.78, 5) is 22.1. The molecule has 0 aliphatic heterocycles. The van der Waals surface area contributed by atoms with Gasteiger partial charge in [-0.1, -0.05) is 26.8 Å². The van der Waals surface area contributed by atoms with Gasteiger partial charge >= 0.3 is 5.97 Å². The third-order valence-corrected chi connectivity index (χ3v) is 1.48. The molecule has 74 valence electrons. The van der Waals surface area contributed by atoms with Gasteiger partial charge in [-0.05, 0) is 6.92 Å². The van der Waals surface area contributed by atoms with Gasteiger partial charge in [0.25, 0.3) is 0 Å². The minimum atomic E-state index is -0.472. The van der Waals surface area contributed by atoms with E-state index in [0.29, 0.717) is 0 Å². The van der Waals surface area contributed by atoms with Gasteiger partial charge in [0, 0.05) is 11.5 Å². The zero-order valence-electron chi connectivity index (χ0n) is 8.59. The topological polar surface area (TPSA) is 43.4 Å². The molecule has 0 saturated heterocycles. The van der Waals surface area contributed by atoms with Crippen LogP contribution in [0.3, 0.4) is 0 Å². The SMILES string of the molecule is C/C=C/C(=O)OCC(=O)C(C)(C)C. The second-order valence-corrected chi connectivity index (χ2v) is 3.78. The van der Waals surface area contributed by atoms with E-state index < -0.39 is 11.4 Å². The van der Waals surface area contributed by atoms with Crippen molar-refractivity contribution < 1.29 is 14.3 Å². The van der Waals surface area contributed by atoms with Crippen LogP contribution in [-0.2, 0) is 14.3 Å². The van der Waals surface area contributed by atoms with Crippen LogP contribution in [0, 0.1) is 5.41 Å². The molecule has 0 amide bonds. The maximum atomic E-state index is 11.3. The average molecular weight is 184 g/mol. The van der Waals surface area contributed by atoms with Crippen molar-refractivity contribution in [3.8, 4) is 0 Å². The predicted molar refractivity (Wildman–Crippen MR) is 50.2 cm³/mol. The second-order valence-electron chi connectivity index (χ2n) is 3.78. The number of esters is 1. The largest absolute Gasteiger partial charge is 0.455 e. The molecule has 0 aromatic rings. The number of hydrogen-bond donors (Lipinski definition) is 0. The standard InChI is InChI=1S/C10H16O3/c1-5-6-9(12)13-7-8(11)10(2,3)4/h5-6H,7H2,1-4H3/b6-5+. The lowest BCUT2D eigenvalue weighted by Crippen LogP contribution is -2.25. The first-order valence-electron chi connectivity index (χ1n) is 4.20. The van der Waals surface area contributed by atoms with Gasteiger partial charge in [0.15, 0.2) is 12.4 Å². The van der Waals surface area contributed by atoms with E-state index in [0.717, 1.165) is 0 Å². The Morgan fingerprint density at radius 2 is 1.85 bits per heavy atom. The fraction of sp³-hybridized carbons (Fsp3) is 0.600. The second kappa shape index (κ2) is 4.80. The Morgan fingerprint density at radius 1 is 1.31 bits per heavy atom. The molecule has 0 heterocycles. The maximum Gasteiger partial charge on any atom is 0.330 e. The molecule has 0 aliphatic rings. The van der Waals surface area contributed by atoms with Crippen LogP contribution in [0.15, 0.2) is 12.2 Å². The third-order valence-electron chi connectivity index (χ3n) is 1.48. The summed E-state index contributed by atoms with van der Waals surface area (Å²) in [5, 5.41) is 0. The lowest BCUT2D eigenvalue weighted by molar-refractivity contribution is -0.145. The van der Waals surface area contributed by atoms with Crippen molar-refractivity contribution in [1.29, 1.82) is 0 Å². The minimum absolute atomic E-state index is 0.0784. The molecule has 0 radical (unpaired) electrons. The average Bonchev–Trinajstić information content (AvgIpc) is 1.99. The molecule has 0 aromatic heterocycles. The van der Waals surface area contributed by atoms with Crippen LogP contribution in [0.25, 0.3) is 0 Å². The van der Waals surface area contributed by atoms with Crippen LogP contribution in [-0.4, -0.2) is 18.4 Å². The van der Waals surface area contributed by atoms with E-state index in [1.807, 2.05) is 0 Å². The van der Waals surface area contributed by atoms with Gasteiger partial charge < -0.3 is 4.74 Å². The van der Waals surface area contributed by atoms with Gasteiger partial charge in [-0.15, -0.1) is 0 Å². The maximum absolute atomic E-state index is 11.3. The Bertz CT molecular complexity index is 221. The van der Waals surface area contributed by atoms with Crippen molar-refractivity contribution in [2.75, 3.05) is 6.61 Å². The third kappa shape index (κ3) is 5.17. The number of Topliss-reactive ketones (excluding diaryl/α,β-unsaturated/α-hetero) is 1. The molecule has 0 aromatic carbocycles. The Labute approximate surface area is 78.8 Å². The lowest BCUT2D eigenvalue weighted by atomic mass is 9.91. The first-order chi connectivity index (χ1) is 5.88. The number of carbonyl (C=O) groups excluding carboxylic acids is 2. The Kier molecular flexibility index (Phi) is 4.38. The van der Waals surface area contributed by atoms with E-state index in [-0.39, 0.29) is 12.4 Å². The Balaban J connectivity index is 3.91. The molecule has 3 nitrogen and oxygen atoms in total. The summed E-state index contributed by atoms with van der Waals surface area (Å²) in [5.74, 6) is -0.551. The van der Waals surface area contributed by atoms with Gasteiger partial charge in [0.05, 0.1) is 0 Å². The van der Waals surface area contributed by atoms with Crippen molar-refractivity contribution in [2.45, 2.75) is 27.7 Å². The number of ketones is 1. The van der Waals surface area contributed by atoms with Gasteiger partial charge in [-0.2, -0.15) is 0 Å². The van der Waals surface area contributed by atoms with Gasteiger partial charge in [0.2, 0.25) is 0 Å². The molecule has 0 spiro atoms. The molecule has 0 atom stereocenters. The molecule has 0 bridgehead atoms. The monoisotopic (exact) mass is 184 g/mol. The first kappa shape index (κ1) is 11.9. The first-order valence-corrected chi connectivity index (χ1v) is 4.20. The van der Waals surface area contributed by atoms with Crippen molar-refractivity contribution in [2.24, 2.45) is 5.41 Å². The van der Waals surface area contributed by atoms with Crippen LogP contribution in [0.5, 0.6) is 0 Å². The summed E-state index contributed by atoms with van der Waals surface area (Å²) < 4.78 is 4.70. The number of hydrogen-bond acceptors (Lipinski definition) is 3. The van der Waals surface area contributed by atoms with E-state index in [2.05, 4.69) is 0 Å². The predicted octanol–water partition coefficient (Wildman–Crippen LogP) is 1.72. The van der Waals surface area contributed by atoms with E-state index in [9.17, 15) is 9.59 Å². The Morgan fingerprint density at radius 3 is 2.23 bits per heavy atom. The number of rotatable bonds is 3. The summed E-state index contributed by atoms with van der Waals surface area (Å²) >= 11 is 0. The molecule has 0 unspecified atom stereocenters. The summed E-state index contributed by atoms with van der Waals surface area (Å²) in [7, 11) is 0. The van der Waals surface area contributed by atoms with Crippen LogP contribution < -0.4 is 0 Å². The number of ether oxygens (including phenoxy) is 1. The van der Waals surface area contributed by atoms with Crippen molar-refractivity contribution >= 4 is 11.8 Å². The van der Waals surface area contributed by atoms with Crippen LogP contribution >= 0.6 is 0 Å². The van der Waals surface area contributed by atoms with E-state index in [4.69, 9.17) is 4.74 Å². The summed E-state index contributed by atoms with van der Waals surface area (Å²) in [6.07, 6.45) is 2.86. The summed E-state index contributed by atoms with van der Waals surface area (Å²) in [6, 6.07) is 0. The van der Waals surface area contributed by atoms with E-state index in [1.165, 1.54) is 6.08 Å². The fourth-order valence-corrected chi connectivity index (χ4v) is 0.537. The molecule has 0 N–H and O–H groups in total. The minimum Gasteiger partial charge on any atom is -0.455 e. The highest BCUT2D eigenvalue weighted by Gasteiger charge is 2.21. The quantitative estimate of drug-likeness (QED) is 0.495. The Hall–Kier alpha value is -1.12.